The van der Waals surface area contributed by atoms with Gasteiger partial charge in [0.2, 0.25) is 0 Å². The van der Waals surface area contributed by atoms with Gasteiger partial charge in [0.1, 0.15) is 5.69 Å². The van der Waals surface area contributed by atoms with Gasteiger partial charge in [-0.15, -0.1) is 0 Å². The van der Waals surface area contributed by atoms with Crippen molar-refractivity contribution in [3.8, 4) is 0 Å². The molecule has 1 amide bonds. The van der Waals surface area contributed by atoms with Gasteiger partial charge < -0.3 is 4.90 Å². The van der Waals surface area contributed by atoms with Gasteiger partial charge in [0.05, 0.1) is 24.1 Å². The zero-order chi connectivity index (χ0) is 13.2. The summed E-state index contributed by atoms with van der Waals surface area (Å²) in [5.74, 6) is -0.0652. The smallest absolute Gasteiger partial charge is 0.274 e. The molecule has 3 rings (SSSR count). The number of carbonyl (C=O) groups excluding carboxylic acids is 1. The van der Waals surface area contributed by atoms with Crippen molar-refractivity contribution < 1.29 is 4.79 Å². The average Bonchev–Trinajstić information content (AvgIpc) is 3.07. The first-order valence-corrected chi connectivity index (χ1v) is 6.34. The van der Waals surface area contributed by atoms with E-state index in [1.807, 2.05) is 11.8 Å². The van der Waals surface area contributed by atoms with Crippen LogP contribution in [0.25, 0.3) is 0 Å². The minimum atomic E-state index is -0.0652. The SMILES string of the molecule is Cc1cn[nH]c1[C@H]1CCCN1C(=O)c1cnccn1. The molecule has 1 atom stereocenters. The summed E-state index contributed by atoms with van der Waals surface area (Å²) in [7, 11) is 0. The van der Waals surface area contributed by atoms with Gasteiger partial charge in [0, 0.05) is 18.9 Å². The highest BCUT2D eigenvalue weighted by atomic mass is 16.2. The minimum Gasteiger partial charge on any atom is -0.329 e. The number of aryl methyl sites for hydroxylation is 1. The number of likely N-dealkylation sites (tertiary alicyclic amines) is 1. The quantitative estimate of drug-likeness (QED) is 0.884. The first-order valence-electron chi connectivity index (χ1n) is 6.34. The van der Waals surface area contributed by atoms with E-state index in [0.29, 0.717) is 5.69 Å². The molecule has 1 aliphatic heterocycles. The third kappa shape index (κ3) is 2.09. The lowest BCUT2D eigenvalue weighted by molar-refractivity contribution is 0.0726. The summed E-state index contributed by atoms with van der Waals surface area (Å²) in [5, 5.41) is 7.05. The molecule has 3 heterocycles. The third-order valence-corrected chi connectivity index (χ3v) is 3.50. The van der Waals surface area contributed by atoms with E-state index in [1.54, 1.807) is 18.6 Å². The largest absolute Gasteiger partial charge is 0.329 e. The summed E-state index contributed by atoms with van der Waals surface area (Å²) in [6, 6.07) is 0.0667. The van der Waals surface area contributed by atoms with Crippen LogP contribution in [0.5, 0.6) is 0 Å². The van der Waals surface area contributed by atoms with Gasteiger partial charge in [-0.2, -0.15) is 5.10 Å². The summed E-state index contributed by atoms with van der Waals surface area (Å²) in [6.07, 6.45) is 8.36. The van der Waals surface area contributed by atoms with E-state index in [0.717, 1.165) is 30.6 Å². The summed E-state index contributed by atoms with van der Waals surface area (Å²) >= 11 is 0. The Morgan fingerprint density at radius 2 is 2.32 bits per heavy atom. The van der Waals surface area contributed by atoms with Crippen LogP contribution in [-0.2, 0) is 0 Å². The maximum Gasteiger partial charge on any atom is 0.274 e. The van der Waals surface area contributed by atoms with Crippen LogP contribution >= 0.6 is 0 Å². The second-order valence-corrected chi connectivity index (χ2v) is 4.71. The Balaban J connectivity index is 1.88. The molecule has 1 N–H and O–H groups in total. The average molecular weight is 257 g/mol. The molecule has 0 saturated carbocycles. The molecule has 0 unspecified atom stereocenters. The zero-order valence-electron chi connectivity index (χ0n) is 10.7. The van der Waals surface area contributed by atoms with Gasteiger partial charge in [0.25, 0.3) is 5.91 Å². The number of carbonyl (C=O) groups is 1. The van der Waals surface area contributed by atoms with E-state index < -0.39 is 0 Å². The van der Waals surface area contributed by atoms with Crippen LogP contribution in [0.15, 0.2) is 24.8 Å². The number of rotatable bonds is 2. The summed E-state index contributed by atoms with van der Waals surface area (Å²) < 4.78 is 0. The number of amides is 1. The molecule has 0 bridgehead atoms. The van der Waals surface area contributed by atoms with Gasteiger partial charge in [-0.3, -0.25) is 14.9 Å². The van der Waals surface area contributed by atoms with E-state index in [-0.39, 0.29) is 11.9 Å². The molecule has 19 heavy (non-hydrogen) atoms. The molecule has 2 aromatic heterocycles. The molecule has 1 fully saturated rings. The Morgan fingerprint density at radius 3 is 3.00 bits per heavy atom. The van der Waals surface area contributed by atoms with Crippen molar-refractivity contribution in [1.82, 2.24) is 25.1 Å². The number of H-pyrrole nitrogens is 1. The maximum atomic E-state index is 12.5. The van der Waals surface area contributed by atoms with Crippen LogP contribution in [0.3, 0.4) is 0 Å². The maximum absolute atomic E-state index is 12.5. The Morgan fingerprint density at radius 1 is 1.42 bits per heavy atom. The normalized spacial score (nSPS) is 18.8. The van der Waals surface area contributed by atoms with Crippen molar-refractivity contribution in [2.45, 2.75) is 25.8 Å². The molecule has 1 saturated heterocycles. The number of nitrogens with zero attached hydrogens (tertiary/aromatic N) is 4. The number of aromatic nitrogens is 4. The molecule has 0 aliphatic carbocycles. The van der Waals surface area contributed by atoms with E-state index in [1.165, 1.54) is 6.20 Å². The molecule has 0 spiro atoms. The molecule has 1 aliphatic rings. The summed E-state index contributed by atoms with van der Waals surface area (Å²) in [5.41, 5.74) is 2.50. The van der Waals surface area contributed by atoms with Crippen molar-refractivity contribution in [2.75, 3.05) is 6.54 Å². The predicted molar refractivity (Wildman–Crippen MR) is 68.4 cm³/mol. The highest BCUT2D eigenvalue weighted by Gasteiger charge is 2.32. The number of hydrogen-bond acceptors (Lipinski definition) is 4. The summed E-state index contributed by atoms with van der Waals surface area (Å²) in [4.78, 5) is 22.3. The lowest BCUT2D eigenvalue weighted by atomic mass is 10.1. The second-order valence-electron chi connectivity index (χ2n) is 4.71. The fourth-order valence-electron chi connectivity index (χ4n) is 2.56. The molecule has 0 aromatic carbocycles. The predicted octanol–water partition coefficient (Wildman–Crippen LogP) is 1.49. The van der Waals surface area contributed by atoms with Crippen molar-refractivity contribution in [3.05, 3.63) is 41.7 Å². The molecule has 0 radical (unpaired) electrons. The van der Waals surface area contributed by atoms with Crippen LogP contribution in [0.1, 0.15) is 40.6 Å². The number of hydrogen-bond donors (Lipinski definition) is 1. The fourth-order valence-corrected chi connectivity index (χ4v) is 2.56. The molecule has 6 nitrogen and oxygen atoms in total. The van der Waals surface area contributed by atoms with E-state index in [9.17, 15) is 4.79 Å². The Bertz CT molecular complexity index is 580. The Hall–Kier alpha value is -2.24. The molecule has 6 heteroatoms. The number of nitrogens with one attached hydrogen (secondary N) is 1. The topological polar surface area (TPSA) is 74.8 Å². The first-order chi connectivity index (χ1) is 9.27. The zero-order valence-corrected chi connectivity index (χ0v) is 10.7. The van der Waals surface area contributed by atoms with E-state index in [2.05, 4.69) is 20.2 Å². The van der Waals surface area contributed by atoms with Gasteiger partial charge >= 0.3 is 0 Å². The Kier molecular flexibility index (Phi) is 2.98. The monoisotopic (exact) mass is 257 g/mol. The number of aromatic amines is 1. The van der Waals surface area contributed by atoms with Gasteiger partial charge in [-0.1, -0.05) is 0 Å². The van der Waals surface area contributed by atoms with Gasteiger partial charge in [-0.25, -0.2) is 4.98 Å². The minimum absolute atomic E-state index is 0.0652. The van der Waals surface area contributed by atoms with E-state index in [4.69, 9.17) is 0 Å². The van der Waals surface area contributed by atoms with Crippen LogP contribution in [0.4, 0.5) is 0 Å². The highest BCUT2D eigenvalue weighted by Crippen LogP contribution is 2.33. The molecule has 2 aromatic rings. The highest BCUT2D eigenvalue weighted by molar-refractivity contribution is 5.92. The summed E-state index contributed by atoms with van der Waals surface area (Å²) in [6.45, 7) is 2.75. The second kappa shape index (κ2) is 4.79. The Labute approximate surface area is 110 Å². The standard InChI is InChI=1S/C13H15N5O/c1-9-7-16-17-12(9)11-3-2-6-18(11)13(19)10-8-14-4-5-15-10/h4-5,7-8,11H,2-3,6H2,1H3,(H,16,17)/t11-/m1/s1. The molecule has 98 valence electrons. The molecular formula is C13H15N5O. The van der Waals surface area contributed by atoms with Gasteiger partial charge in [-0.05, 0) is 25.3 Å². The lowest BCUT2D eigenvalue weighted by Gasteiger charge is -2.23. The first kappa shape index (κ1) is 11.8. The van der Waals surface area contributed by atoms with Gasteiger partial charge in [0.15, 0.2) is 0 Å². The van der Waals surface area contributed by atoms with E-state index >= 15 is 0 Å². The fraction of sp³-hybridized carbons (Fsp3) is 0.385. The van der Waals surface area contributed by atoms with Crippen molar-refractivity contribution in [3.63, 3.8) is 0 Å². The van der Waals surface area contributed by atoms with Crippen molar-refractivity contribution >= 4 is 5.91 Å². The van der Waals surface area contributed by atoms with Crippen LogP contribution in [0.2, 0.25) is 0 Å². The van der Waals surface area contributed by atoms with Crippen LogP contribution < -0.4 is 0 Å². The van der Waals surface area contributed by atoms with Crippen molar-refractivity contribution in [2.24, 2.45) is 0 Å². The van der Waals surface area contributed by atoms with Crippen LogP contribution in [0, 0.1) is 6.92 Å². The van der Waals surface area contributed by atoms with Crippen molar-refractivity contribution in [1.29, 1.82) is 0 Å². The molecular weight excluding hydrogens is 242 g/mol. The third-order valence-electron chi connectivity index (χ3n) is 3.50. The lowest BCUT2D eigenvalue weighted by Crippen LogP contribution is -2.31. The van der Waals surface area contributed by atoms with Crippen LogP contribution in [-0.4, -0.2) is 37.5 Å².